The molecule has 0 spiro atoms. The van der Waals surface area contributed by atoms with Gasteiger partial charge in [0.05, 0.1) is 11.9 Å². The Bertz CT molecular complexity index is 1040. The summed E-state index contributed by atoms with van der Waals surface area (Å²) in [6.45, 7) is 19.8. The summed E-state index contributed by atoms with van der Waals surface area (Å²) in [5.41, 5.74) is 5.30. The molecule has 2 N–H and O–H groups in total. The van der Waals surface area contributed by atoms with Crippen LogP contribution in [0.3, 0.4) is 0 Å². The molecule has 2 aromatic carbocycles. The molecule has 0 saturated carbocycles. The second-order valence-electron chi connectivity index (χ2n) is 7.90. The first-order valence-corrected chi connectivity index (χ1v) is 11.7. The molecule has 0 bridgehead atoms. The third-order valence-corrected chi connectivity index (χ3v) is 5.19. The van der Waals surface area contributed by atoms with Crippen molar-refractivity contribution in [2.75, 3.05) is 33.2 Å². The smallest absolute Gasteiger partial charge is 0.292 e. The normalized spacial score (nSPS) is 12.8. The molecule has 7 heteroatoms. The molecule has 1 amide bonds. The number of fused-ring (bicyclic) bond motifs is 1. The van der Waals surface area contributed by atoms with Gasteiger partial charge in [-0.3, -0.25) is 10.0 Å². The molecule has 7 nitrogen and oxygen atoms in total. The Morgan fingerprint density at radius 2 is 1.57 bits per heavy atom. The molecule has 1 fully saturated rings. The van der Waals surface area contributed by atoms with Crippen LogP contribution in [0.1, 0.15) is 26.3 Å². The fourth-order valence-electron chi connectivity index (χ4n) is 3.34. The van der Waals surface area contributed by atoms with Crippen LogP contribution >= 0.6 is 0 Å². The largest absolute Gasteiger partial charge is 0.368 e. The summed E-state index contributed by atoms with van der Waals surface area (Å²) < 4.78 is 0. The number of piperazine rings is 1. The molecule has 1 heterocycles. The fraction of sp³-hybridized carbons (Fsp3) is 0.300. The van der Waals surface area contributed by atoms with Crippen molar-refractivity contribution >= 4 is 29.7 Å². The van der Waals surface area contributed by atoms with Gasteiger partial charge in [0.1, 0.15) is 12.5 Å². The van der Waals surface area contributed by atoms with E-state index in [2.05, 4.69) is 97.2 Å². The van der Waals surface area contributed by atoms with E-state index in [-0.39, 0.29) is 5.70 Å². The molecule has 2 aromatic rings. The number of hydroxylamine groups is 1. The van der Waals surface area contributed by atoms with Crippen LogP contribution in [0.15, 0.2) is 83.7 Å². The van der Waals surface area contributed by atoms with E-state index in [0.717, 1.165) is 37.4 Å². The lowest BCUT2D eigenvalue weighted by Crippen LogP contribution is -2.44. The van der Waals surface area contributed by atoms with Gasteiger partial charge < -0.3 is 14.6 Å². The number of aliphatic imine (C=N–C) groups is 1. The summed E-state index contributed by atoms with van der Waals surface area (Å²) in [6, 6.07) is 14.9. The second-order valence-corrected chi connectivity index (χ2v) is 7.90. The van der Waals surface area contributed by atoms with E-state index >= 15 is 0 Å². The molecule has 0 aliphatic carbocycles. The van der Waals surface area contributed by atoms with Gasteiger partial charge in [-0.2, -0.15) is 0 Å². The van der Waals surface area contributed by atoms with Crippen LogP contribution in [0.2, 0.25) is 0 Å². The van der Waals surface area contributed by atoms with Gasteiger partial charge >= 0.3 is 0 Å². The Hall–Kier alpha value is -3.99. The lowest BCUT2D eigenvalue weighted by molar-refractivity contribution is -0.125. The predicted octanol–water partition coefficient (Wildman–Crippen LogP) is 5.02. The Labute approximate surface area is 222 Å². The van der Waals surface area contributed by atoms with E-state index in [1.54, 1.807) is 24.7 Å². The quantitative estimate of drug-likeness (QED) is 0.152. The maximum absolute atomic E-state index is 11.4. The predicted molar refractivity (Wildman–Crippen MR) is 157 cm³/mol. The number of rotatable bonds is 4. The average molecular weight is 507 g/mol. The molecular weight excluding hydrogens is 464 g/mol. The molecule has 0 radical (unpaired) electrons. The monoisotopic (exact) mass is 506 g/mol. The number of likely N-dealkylation sites (N-methyl/N-ethyl adjacent to an activating group) is 1. The summed E-state index contributed by atoms with van der Waals surface area (Å²) in [5, 5.41) is 11.3. The first-order chi connectivity index (χ1) is 17.8. The number of hydrogen-bond acceptors (Lipinski definition) is 6. The number of benzene rings is 2. The summed E-state index contributed by atoms with van der Waals surface area (Å²) >= 11 is 0. The second kappa shape index (κ2) is 21.3. The van der Waals surface area contributed by atoms with E-state index in [4.69, 9.17) is 10.0 Å². The first-order valence-electron chi connectivity index (χ1n) is 11.7. The van der Waals surface area contributed by atoms with Gasteiger partial charge in [-0.25, -0.2) is 10.5 Å². The minimum Gasteiger partial charge on any atom is -0.368 e. The van der Waals surface area contributed by atoms with E-state index in [1.807, 2.05) is 20.6 Å². The highest BCUT2D eigenvalue weighted by Gasteiger charge is 2.16. The van der Waals surface area contributed by atoms with Crippen LogP contribution in [0.4, 0.5) is 0 Å². The maximum atomic E-state index is 11.4. The number of nitrogens with zero attached hydrogens (tertiary/aromatic N) is 3. The van der Waals surface area contributed by atoms with Crippen molar-refractivity contribution in [3.05, 3.63) is 84.2 Å². The number of terminal acetylenes is 1. The van der Waals surface area contributed by atoms with Crippen LogP contribution in [0.25, 0.3) is 10.8 Å². The summed E-state index contributed by atoms with van der Waals surface area (Å²) in [4.78, 5) is 28.1. The lowest BCUT2D eigenvalue weighted by Gasteiger charge is -2.35. The third kappa shape index (κ3) is 13.0. The standard InChI is InChI=1S/C14H24N4O2.C11H10.C2H4.C2H2.CH2O/c1-5-12(14(19)16-20)15-10-13(11(2)3)18-8-6-17(4)7-9-18;1-9-6-7-10-4-2-3-5-11(10)8-9;3*1-2/h5,10,20H,6-9H2,1-4H3,(H,16,19);2-8H,1H3;1-2H2;1-2H;1H2/b12-5-,15-10?;;;;. The molecule has 0 atom stereocenters. The van der Waals surface area contributed by atoms with Crippen molar-refractivity contribution in [3.8, 4) is 12.8 Å². The lowest BCUT2D eigenvalue weighted by atomic mass is 10.1. The zero-order valence-corrected chi connectivity index (χ0v) is 22.9. The number of allylic oxidation sites excluding steroid dienone is 3. The van der Waals surface area contributed by atoms with Gasteiger partial charge in [-0.05, 0) is 45.5 Å². The third-order valence-electron chi connectivity index (χ3n) is 5.19. The first kappa shape index (κ1) is 35.2. The average Bonchev–Trinajstić information content (AvgIpc) is 2.95. The van der Waals surface area contributed by atoms with E-state index in [9.17, 15) is 4.79 Å². The molecular formula is C30H42N4O3. The molecule has 37 heavy (non-hydrogen) atoms. The van der Waals surface area contributed by atoms with Crippen LogP contribution < -0.4 is 5.48 Å². The van der Waals surface area contributed by atoms with E-state index in [0.29, 0.717) is 0 Å². The minimum atomic E-state index is -0.602. The summed E-state index contributed by atoms with van der Waals surface area (Å²) in [7, 11) is 2.11. The van der Waals surface area contributed by atoms with Gasteiger partial charge in [0.15, 0.2) is 0 Å². The van der Waals surface area contributed by atoms with Gasteiger partial charge in [0.2, 0.25) is 0 Å². The molecule has 1 aliphatic heterocycles. The van der Waals surface area contributed by atoms with E-state index in [1.165, 1.54) is 16.3 Å². The number of nitrogens with one attached hydrogen (secondary N) is 1. The molecule has 0 aromatic heterocycles. The van der Waals surface area contributed by atoms with Crippen molar-refractivity contribution in [2.24, 2.45) is 4.99 Å². The van der Waals surface area contributed by atoms with Crippen molar-refractivity contribution in [1.82, 2.24) is 15.3 Å². The number of carbonyl (C=O) groups is 2. The van der Waals surface area contributed by atoms with Crippen molar-refractivity contribution in [2.45, 2.75) is 27.7 Å². The fourth-order valence-corrected chi connectivity index (χ4v) is 3.34. The Morgan fingerprint density at radius 1 is 1.03 bits per heavy atom. The van der Waals surface area contributed by atoms with Gasteiger partial charge in [0.25, 0.3) is 5.91 Å². The highest BCUT2D eigenvalue weighted by molar-refractivity contribution is 5.95. The van der Waals surface area contributed by atoms with Crippen molar-refractivity contribution < 1.29 is 14.8 Å². The molecule has 3 rings (SSSR count). The van der Waals surface area contributed by atoms with Gasteiger partial charge in [-0.1, -0.05) is 59.7 Å². The SMILES string of the molecule is C#C.C/C=C(\N=CC(=C(C)C)N1CCN(C)CC1)C(=O)NO.C=C.C=O.Cc1ccc2ccccc2c1. The van der Waals surface area contributed by atoms with Crippen molar-refractivity contribution in [1.29, 1.82) is 0 Å². The Balaban J connectivity index is 0. The molecule has 1 aliphatic rings. The zero-order valence-electron chi connectivity index (χ0n) is 22.9. The van der Waals surface area contributed by atoms with E-state index < -0.39 is 5.91 Å². The topological polar surface area (TPSA) is 85.2 Å². The Kier molecular flexibility index (Phi) is 20.3. The summed E-state index contributed by atoms with van der Waals surface area (Å²) in [5.74, 6) is -0.602. The number of amides is 1. The van der Waals surface area contributed by atoms with Gasteiger partial charge in [0, 0.05) is 26.2 Å². The van der Waals surface area contributed by atoms with Gasteiger partial charge in [-0.15, -0.1) is 26.0 Å². The zero-order chi connectivity index (χ0) is 28.8. The molecule has 1 saturated heterocycles. The Morgan fingerprint density at radius 3 is 2.05 bits per heavy atom. The molecule has 0 unspecified atom stereocenters. The van der Waals surface area contributed by atoms with Crippen LogP contribution in [-0.4, -0.2) is 67.1 Å². The highest BCUT2D eigenvalue weighted by Crippen LogP contribution is 2.14. The van der Waals surface area contributed by atoms with Crippen LogP contribution in [0.5, 0.6) is 0 Å². The van der Waals surface area contributed by atoms with Crippen molar-refractivity contribution in [3.63, 3.8) is 0 Å². The highest BCUT2D eigenvalue weighted by atomic mass is 16.5. The summed E-state index contributed by atoms with van der Waals surface area (Å²) in [6.07, 6.45) is 11.3. The minimum absolute atomic E-state index is 0.195. The van der Waals surface area contributed by atoms with Crippen LogP contribution in [0, 0.1) is 19.8 Å². The maximum Gasteiger partial charge on any atom is 0.292 e. The number of carbonyl (C=O) groups excluding carboxylic acids is 2. The number of hydrogen-bond donors (Lipinski definition) is 2. The number of aryl methyl sites for hydroxylation is 1. The molecule has 200 valence electrons. The van der Waals surface area contributed by atoms with Crippen LogP contribution in [-0.2, 0) is 9.59 Å².